The number of anilines is 1. The minimum Gasteiger partial charge on any atom is -0.445 e. The number of hydrogen-bond acceptors (Lipinski definition) is 7. The molecular formula is C32H38N2O6. The number of rotatable bonds is 11. The summed E-state index contributed by atoms with van der Waals surface area (Å²) in [6.45, 7) is 6.24. The molecule has 3 aromatic rings. The normalized spacial score (nSPS) is 20.5. The molecule has 1 aliphatic heterocycles. The molecule has 0 aromatic heterocycles. The quantitative estimate of drug-likeness (QED) is 0.273. The van der Waals surface area contributed by atoms with Gasteiger partial charge in [-0.3, -0.25) is 10.2 Å². The summed E-state index contributed by atoms with van der Waals surface area (Å²) >= 11 is 0. The molecule has 5 atom stereocenters. The smallest absolute Gasteiger partial charge is 0.411 e. The summed E-state index contributed by atoms with van der Waals surface area (Å²) in [6, 6.07) is 24.5. The number of likely N-dealkylation sites (N-methyl/N-ethyl adjacent to an activating group) is 1. The third kappa shape index (κ3) is 7.78. The molecule has 0 bridgehead atoms. The fourth-order valence-electron chi connectivity index (χ4n) is 4.70. The van der Waals surface area contributed by atoms with Crippen LogP contribution in [0.3, 0.4) is 0 Å². The van der Waals surface area contributed by atoms with Crippen molar-refractivity contribution in [1.82, 2.24) is 4.90 Å². The van der Waals surface area contributed by atoms with Gasteiger partial charge >= 0.3 is 6.09 Å². The zero-order valence-electron chi connectivity index (χ0n) is 23.0. The van der Waals surface area contributed by atoms with Crippen LogP contribution in [0.4, 0.5) is 10.5 Å². The minimum absolute atomic E-state index is 0.0197. The SMILES string of the molecule is C=CCOC(=O)Nc1ccc([C@@H]2O[C@H](CN(C)[C@@H](C)[C@H](O)c3ccccc3)C[C@H](c3ccc(CO)cc3)O2)cc1. The third-order valence-electron chi connectivity index (χ3n) is 7.16. The van der Waals surface area contributed by atoms with Gasteiger partial charge in [0.1, 0.15) is 6.61 Å². The van der Waals surface area contributed by atoms with Gasteiger partial charge in [0.05, 0.1) is 24.9 Å². The van der Waals surface area contributed by atoms with E-state index < -0.39 is 18.5 Å². The molecule has 3 aromatic carbocycles. The van der Waals surface area contributed by atoms with Crippen LogP contribution in [0, 0.1) is 0 Å². The van der Waals surface area contributed by atoms with Gasteiger partial charge < -0.3 is 24.4 Å². The third-order valence-corrected chi connectivity index (χ3v) is 7.16. The second kappa shape index (κ2) is 14.2. The lowest BCUT2D eigenvalue weighted by Gasteiger charge is -2.39. The van der Waals surface area contributed by atoms with E-state index >= 15 is 0 Å². The summed E-state index contributed by atoms with van der Waals surface area (Å²) in [5, 5.41) is 23.1. The van der Waals surface area contributed by atoms with E-state index in [0.29, 0.717) is 18.7 Å². The highest BCUT2D eigenvalue weighted by Gasteiger charge is 2.34. The highest BCUT2D eigenvalue weighted by molar-refractivity contribution is 5.84. The Morgan fingerprint density at radius 2 is 1.75 bits per heavy atom. The molecule has 8 nitrogen and oxygen atoms in total. The molecule has 4 rings (SSSR count). The molecule has 8 heteroatoms. The lowest BCUT2D eigenvalue weighted by atomic mass is 9.98. The molecule has 40 heavy (non-hydrogen) atoms. The zero-order valence-corrected chi connectivity index (χ0v) is 23.0. The van der Waals surface area contributed by atoms with Crippen molar-refractivity contribution in [3.05, 3.63) is 114 Å². The van der Waals surface area contributed by atoms with Crippen molar-refractivity contribution in [2.75, 3.05) is 25.5 Å². The van der Waals surface area contributed by atoms with Crippen LogP contribution in [0.5, 0.6) is 0 Å². The van der Waals surface area contributed by atoms with Crippen LogP contribution in [-0.2, 0) is 20.8 Å². The Hall–Kier alpha value is -3.53. The molecule has 1 saturated heterocycles. The Balaban J connectivity index is 1.49. The van der Waals surface area contributed by atoms with Crippen LogP contribution in [0.15, 0.2) is 91.5 Å². The predicted molar refractivity (Wildman–Crippen MR) is 154 cm³/mol. The first-order valence-corrected chi connectivity index (χ1v) is 13.5. The molecule has 0 spiro atoms. The Kier molecular flexibility index (Phi) is 10.5. The number of aliphatic hydroxyl groups is 2. The standard InChI is InChI=1S/C32H38N2O6/c1-4-18-38-32(37)33-27-16-14-26(15-17-27)31-39-28(19-29(40-31)24-12-10-23(21-35)11-13-24)20-34(3)22(2)30(36)25-8-6-5-7-9-25/h4-17,22,28-31,35-36H,1,18-21H2,2-3H3,(H,33,37)/t22-,28-,29+,30-,31+/m0/s1. The number of carbonyl (C=O) groups is 1. The number of carbonyl (C=O) groups excluding carboxylic acids is 1. The van der Waals surface area contributed by atoms with E-state index in [1.165, 1.54) is 6.08 Å². The van der Waals surface area contributed by atoms with E-state index in [4.69, 9.17) is 14.2 Å². The van der Waals surface area contributed by atoms with Crippen molar-refractivity contribution in [1.29, 1.82) is 0 Å². The molecule has 212 valence electrons. The molecule has 3 N–H and O–H groups in total. The van der Waals surface area contributed by atoms with Crippen LogP contribution in [0.2, 0.25) is 0 Å². The molecule has 1 aliphatic rings. The zero-order chi connectivity index (χ0) is 28.5. The highest BCUT2D eigenvalue weighted by atomic mass is 16.7. The average Bonchev–Trinajstić information content (AvgIpc) is 3.00. The topological polar surface area (TPSA) is 100 Å². The van der Waals surface area contributed by atoms with Crippen LogP contribution in [0.25, 0.3) is 0 Å². The fraction of sp³-hybridized carbons (Fsp3) is 0.344. The minimum atomic E-state index is -0.637. The van der Waals surface area contributed by atoms with Crippen molar-refractivity contribution in [2.45, 2.75) is 50.6 Å². The van der Waals surface area contributed by atoms with E-state index in [1.54, 1.807) is 12.1 Å². The van der Waals surface area contributed by atoms with Crippen LogP contribution < -0.4 is 5.32 Å². The second-order valence-electron chi connectivity index (χ2n) is 10.0. The molecule has 1 amide bonds. The monoisotopic (exact) mass is 546 g/mol. The number of ether oxygens (including phenoxy) is 3. The van der Waals surface area contributed by atoms with E-state index in [0.717, 1.165) is 22.3 Å². The molecule has 0 unspecified atom stereocenters. The van der Waals surface area contributed by atoms with Crippen molar-refractivity contribution < 1.29 is 29.2 Å². The number of benzene rings is 3. The average molecular weight is 547 g/mol. The summed E-state index contributed by atoms with van der Waals surface area (Å²) in [6.07, 6.45) is -0.103. The number of hydrogen-bond donors (Lipinski definition) is 3. The van der Waals surface area contributed by atoms with Gasteiger partial charge in [0.15, 0.2) is 6.29 Å². The lowest BCUT2D eigenvalue weighted by Crippen LogP contribution is -2.43. The van der Waals surface area contributed by atoms with Gasteiger partial charge in [-0.1, -0.05) is 79.4 Å². The number of nitrogens with one attached hydrogen (secondary N) is 1. The number of amides is 1. The summed E-state index contributed by atoms with van der Waals surface area (Å²) in [5.74, 6) is 0. The Labute approximate surface area is 235 Å². The molecule has 0 saturated carbocycles. The van der Waals surface area contributed by atoms with Crippen LogP contribution in [-0.4, -0.2) is 53.6 Å². The molecular weight excluding hydrogens is 508 g/mol. The summed E-state index contributed by atoms with van der Waals surface area (Å²) in [7, 11) is 1.99. The first-order chi connectivity index (χ1) is 19.4. The first kappa shape index (κ1) is 29.5. The van der Waals surface area contributed by atoms with E-state index in [-0.39, 0.29) is 31.5 Å². The highest BCUT2D eigenvalue weighted by Crippen LogP contribution is 2.38. The maximum Gasteiger partial charge on any atom is 0.411 e. The first-order valence-electron chi connectivity index (χ1n) is 13.5. The van der Waals surface area contributed by atoms with E-state index in [2.05, 4.69) is 16.8 Å². The number of nitrogens with zero attached hydrogens (tertiary/aromatic N) is 1. The summed E-state index contributed by atoms with van der Waals surface area (Å²) in [4.78, 5) is 14.0. The van der Waals surface area contributed by atoms with Gasteiger partial charge in [-0.2, -0.15) is 0 Å². The lowest BCUT2D eigenvalue weighted by molar-refractivity contribution is -0.253. The summed E-state index contributed by atoms with van der Waals surface area (Å²) < 4.78 is 17.8. The summed E-state index contributed by atoms with van der Waals surface area (Å²) in [5.41, 5.74) is 4.11. The molecule has 1 fully saturated rings. The molecule has 0 aliphatic carbocycles. The predicted octanol–water partition coefficient (Wildman–Crippen LogP) is 5.51. The van der Waals surface area contributed by atoms with Crippen molar-refractivity contribution in [3.8, 4) is 0 Å². The fourth-order valence-corrected chi connectivity index (χ4v) is 4.70. The molecule has 0 radical (unpaired) electrons. The maximum atomic E-state index is 11.9. The van der Waals surface area contributed by atoms with Crippen molar-refractivity contribution in [3.63, 3.8) is 0 Å². The maximum absolute atomic E-state index is 11.9. The van der Waals surface area contributed by atoms with Crippen LogP contribution >= 0.6 is 0 Å². The van der Waals surface area contributed by atoms with Gasteiger partial charge in [-0.05, 0) is 42.8 Å². The Morgan fingerprint density at radius 1 is 1.07 bits per heavy atom. The Bertz CT molecular complexity index is 1220. The van der Waals surface area contributed by atoms with Crippen LogP contribution in [0.1, 0.15) is 54.1 Å². The molecule has 1 heterocycles. The van der Waals surface area contributed by atoms with Crippen molar-refractivity contribution >= 4 is 11.8 Å². The second-order valence-corrected chi connectivity index (χ2v) is 10.0. The van der Waals surface area contributed by atoms with Gasteiger partial charge in [-0.15, -0.1) is 0 Å². The number of aliphatic hydroxyl groups excluding tert-OH is 2. The van der Waals surface area contributed by atoms with Gasteiger partial charge in [0, 0.05) is 30.3 Å². The van der Waals surface area contributed by atoms with E-state index in [9.17, 15) is 15.0 Å². The van der Waals surface area contributed by atoms with Gasteiger partial charge in [-0.25, -0.2) is 4.79 Å². The van der Waals surface area contributed by atoms with E-state index in [1.807, 2.05) is 80.7 Å². The van der Waals surface area contributed by atoms with Gasteiger partial charge in [0.2, 0.25) is 0 Å². The Morgan fingerprint density at radius 3 is 2.40 bits per heavy atom. The largest absolute Gasteiger partial charge is 0.445 e. The van der Waals surface area contributed by atoms with Crippen molar-refractivity contribution in [2.24, 2.45) is 0 Å². The van der Waals surface area contributed by atoms with Gasteiger partial charge in [0.25, 0.3) is 0 Å².